The molecule has 188 valence electrons. The van der Waals surface area contributed by atoms with Crippen molar-refractivity contribution in [2.75, 3.05) is 50.4 Å². The van der Waals surface area contributed by atoms with Crippen LogP contribution in [0.1, 0.15) is 67.7 Å². The number of nitrogens with two attached hydrogens (primary N) is 1. The lowest BCUT2D eigenvalue weighted by molar-refractivity contribution is -0.0373. The van der Waals surface area contributed by atoms with Crippen LogP contribution in [-0.2, 0) is 10.3 Å². The minimum atomic E-state index is -0.282. The second kappa shape index (κ2) is 9.76. The Labute approximate surface area is 207 Å². The summed E-state index contributed by atoms with van der Waals surface area (Å²) in [5, 5.41) is 6.60. The first-order chi connectivity index (χ1) is 16.9. The zero-order chi connectivity index (χ0) is 24.5. The normalized spacial score (nSPS) is 22.4. The van der Waals surface area contributed by atoms with Crippen LogP contribution < -0.4 is 16.4 Å². The summed E-state index contributed by atoms with van der Waals surface area (Å²) in [6.45, 7) is 10.3. The molecule has 2 aliphatic heterocycles. The summed E-state index contributed by atoms with van der Waals surface area (Å²) >= 11 is 0. The van der Waals surface area contributed by atoms with E-state index in [1.165, 1.54) is 17.3 Å². The van der Waals surface area contributed by atoms with Gasteiger partial charge in [-0.05, 0) is 60.8 Å². The molecule has 35 heavy (non-hydrogen) atoms. The summed E-state index contributed by atoms with van der Waals surface area (Å²) in [5.74, 6) is 0.314. The van der Waals surface area contributed by atoms with E-state index in [0.29, 0.717) is 11.2 Å². The minimum Gasteiger partial charge on any atom is -0.384 e. The summed E-state index contributed by atoms with van der Waals surface area (Å²) in [6, 6.07) is 6.62. The smallest absolute Gasteiger partial charge is 0.291 e. The number of hydrogen-bond acceptors (Lipinski definition) is 6. The predicted octanol–water partition coefficient (Wildman–Crippen LogP) is 3.75. The molecule has 5 rings (SSSR count). The number of imidazole rings is 1. The zero-order valence-electron chi connectivity index (χ0n) is 21.0. The maximum atomic E-state index is 13.0. The van der Waals surface area contributed by atoms with Gasteiger partial charge < -0.3 is 26.1 Å². The summed E-state index contributed by atoms with van der Waals surface area (Å²) < 4.78 is 5.80. The lowest BCUT2D eigenvalue weighted by atomic mass is 9.75. The molecule has 0 spiro atoms. The predicted molar refractivity (Wildman–Crippen MR) is 139 cm³/mol. The van der Waals surface area contributed by atoms with Crippen LogP contribution in [0.2, 0.25) is 0 Å². The Kier molecular flexibility index (Phi) is 6.70. The van der Waals surface area contributed by atoms with Gasteiger partial charge in [-0.1, -0.05) is 26.0 Å². The van der Waals surface area contributed by atoms with Crippen molar-refractivity contribution in [3.8, 4) is 0 Å². The molecule has 8 heteroatoms. The van der Waals surface area contributed by atoms with E-state index in [1.807, 2.05) is 0 Å². The van der Waals surface area contributed by atoms with Gasteiger partial charge in [-0.3, -0.25) is 9.69 Å². The quantitative estimate of drug-likeness (QED) is 0.521. The highest BCUT2D eigenvalue weighted by atomic mass is 16.5. The highest BCUT2D eigenvalue weighted by Gasteiger charge is 2.41. The van der Waals surface area contributed by atoms with Gasteiger partial charge in [0.1, 0.15) is 5.82 Å². The summed E-state index contributed by atoms with van der Waals surface area (Å²) in [6.07, 6.45) is 8.95. The van der Waals surface area contributed by atoms with Gasteiger partial charge >= 0.3 is 0 Å². The minimum absolute atomic E-state index is 0.0401. The topological polar surface area (TPSA) is 108 Å². The zero-order valence-corrected chi connectivity index (χ0v) is 21.0. The Morgan fingerprint density at radius 2 is 1.94 bits per heavy atom. The average Bonchev–Trinajstić information content (AvgIpc) is 3.32. The number of rotatable bonds is 5. The molecule has 0 bridgehead atoms. The molecule has 1 aliphatic carbocycles. The number of H-pyrrole nitrogens is 1. The lowest BCUT2D eigenvalue weighted by Crippen LogP contribution is -2.56. The number of nitrogen functional groups attached to an aromatic ring is 1. The van der Waals surface area contributed by atoms with E-state index >= 15 is 0 Å². The van der Waals surface area contributed by atoms with Crippen LogP contribution in [0.25, 0.3) is 5.57 Å². The number of carbonyl (C=O) groups is 1. The second-order valence-corrected chi connectivity index (χ2v) is 10.9. The van der Waals surface area contributed by atoms with Gasteiger partial charge in [0.15, 0.2) is 5.82 Å². The molecule has 1 aromatic carbocycles. The Morgan fingerprint density at radius 1 is 1.17 bits per heavy atom. The maximum Gasteiger partial charge on any atom is 0.291 e. The third kappa shape index (κ3) is 5.01. The molecular formula is C27H38N6O2. The number of allylic oxidation sites excluding steroid dienone is 2. The fourth-order valence-electron chi connectivity index (χ4n) is 5.75. The number of nitrogens with zero attached hydrogens (tertiary/aromatic N) is 2. The molecule has 2 saturated heterocycles. The number of carbonyl (C=O) groups excluding carboxylic acids is 1. The Morgan fingerprint density at radius 3 is 2.60 bits per heavy atom. The molecule has 1 amide bonds. The van der Waals surface area contributed by atoms with Crippen molar-refractivity contribution in [1.29, 1.82) is 0 Å². The van der Waals surface area contributed by atoms with Crippen molar-refractivity contribution in [2.24, 2.45) is 5.41 Å². The van der Waals surface area contributed by atoms with E-state index in [-0.39, 0.29) is 17.3 Å². The summed E-state index contributed by atoms with van der Waals surface area (Å²) in [5.41, 5.74) is 10.6. The molecular weight excluding hydrogens is 440 g/mol. The van der Waals surface area contributed by atoms with Crippen molar-refractivity contribution < 1.29 is 9.53 Å². The van der Waals surface area contributed by atoms with Crippen molar-refractivity contribution in [3.63, 3.8) is 0 Å². The number of piperazine rings is 1. The number of nitrogens with one attached hydrogen (secondary N) is 3. The molecule has 1 aromatic heterocycles. The fraction of sp³-hybridized carbons (Fsp3) is 0.556. The van der Waals surface area contributed by atoms with Gasteiger partial charge in [0.2, 0.25) is 0 Å². The molecule has 2 aromatic rings. The van der Waals surface area contributed by atoms with Gasteiger partial charge in [-0.25, -0.2) is 4.98 Å². The molecule has 3 heterocycles. The standard InChI is InChI=1S/C27H38N6O2/c1-26(2)7-5-19(6-8-26)21-17-20(3-4-22(21)31-25(34)24-30-18-23(28)32-24)27(9-15-35-16-10-27)33-13-11-29-12-14-33/h3-5,17-18,29H,6-16,28H2,1-2H3,(H,30,32)(H,31,34). The first kappa shape index (κ1) is 24.0. The van der Waals surface area contributed by atoms with Crippen LogP contribution >= 0.6 is 0 Å². The van der Waals surface area contributed by atoms with Crippen LogP contribution in [0.3, 0.4) is 0 Å². The van der Waals surface area contributed by atoms with E-state index in [4.69, 9.17) is 10.5 Å². The van der Waals surface area contributed by atoms with Gasteiger partial charge in [-0.2, -0.15) is 0 Å². The average molecular weight is 479 g/mol. The third-order valence-electron chi connectivity index (χ3n) is 7.98. The first-order valence-corrected chi connectivity index (χ1v) is 12.9. The lowest BCUT2D eigenvalue weighted by Gasteiger charge is -2.48. The number of aromatic nitrogens is 2. The summed E-state index contributed by atoms with van der Waals surface area (Å²) in [4.78, 5) is 22.5. The molecule has 0 atom stereocenters. The van der Waals surface area contributed by atoms with Gasteiger partial charge in [0.25, 0.3) is 5.91 Å². The molecule has 8 nitrogen and oxygen atoms in total. The Bertz CT molecular complexity index is 1090. The van der Waals surface area contributed by atoms with E-state index in [0.717, 1.165) is 82.7 Å². The van der Waals surface area contributed by atoms with Crippen LogP contribution in [0.5, 0.6) is 0 Å². The maximum absolute atomic E-state index is 13.0. The monoisotopic (exact) mass is 478 g/mol. The van der Waals surface area contributed by atoms with Gasteiger partial charge in [-0.15, -0.1) is 0 Å². The molecule has 0 radical (unpaired) electrons. The number of amides is 1. The molecule has 2 fully saturated rings. The number of benzene rings is 1. The van der Waals surface area contributed by atoms with Crippen LogP contribution in [-0.4, -0.2) is 60.2 Å². The Hall–Kier alpha value is -2.68. The molecule has 3 aliphatic rings. The SMILES string of the molecule is CC1(C)CC=C(c2cc(C3(N4CCNCC4)CCOCC3)ccc2NC(=O)c2ncc(N)[nH]2)CC1. The van der Waals surface area contributed by atoms with E-state index in [2.05, 4.69) is 63.6 Å². The van der Waals surface area contributed by atoms with E-state index < -0.39 is 0 Å². The van der Waals surface area contributed by atoms with Crippen LogP contribution in [0.4, 0.5) is 11.5 Å². The highest BCUT2D eigenvalue weighted by molar-refractivity contribution is 6.03. The van der Waals surface area contributed by atoms with E-state index in [1.54, 1.807) is 0 Å². The second-order valence-electron chi connectivity index (χ2n) is 10.9. The summed E-state index contributed by atoms with van der Waals surface area (Å²) in [7, 11) is 0. The van der Waals surface area contributed by atoms with Crippen molar-refractivity contribution in [3.05, 3.63) is 47.4 Å². The largest absolute Gasteiger partial charge is 0.384 e. The van der Waals surface area contributed by atoms with Crippen molar-refractivity contribution in [2.45, 2.75) is 51.5 Å². The number of aromatic amines is 1. The first-order valence-electron chi connectivity index (χ1n) is 12.9. The molecule has 0 saturated carbocycles. The van der Waals surface area contributed by atoms with E-state index in [9.17, 15) is 4.79 Å². The van der Waals surface area contributed by atoms with Crippen LogP contribution in [0, 0.1) is 5.41 Å². The number of hydrogen-bond donors (Lipinski definition) is 4. The Balaban J connectivity index is 1.54. The molecule has 5 N–H and O–H groups in total. The van der Waals surface area contributed by atoms with Gasteiger partial charge in [0, 0.05) is 50.6 Å². The van der Waals surface area contributed by atoms with Crippen LogP contribution in [0.15, 0.2) is 30.5 Å². The van der Waals surface area contributed by atoms with Crippen molar-refractivity contribution in [1.82, 2.24) is 20.2 Å². The highest BCUT2D eigenvalue weighted by Crippen LogP contribution is 2.44. The third-order valence-corrected chi connectivity index (χ3v) is 7.98. The fourth-order valence-corrected chi connectivity index (χ4v) is 5.75. The number of ether oxygens (including phenoxy) is 1. The molecule has 0 unspecified atom stereocenters. The van der Waals surface area contributed by atoms with Crippen molar-refractivity contribution >= 4 is 23.0 Å². The van der Waals surface area contributed by atoms with Gasteiger partial charge in [0.05, 0.1) is 11.7 Å². The number of anilines is 2.